The highest BCUT2D eigenvalue weighted by Crippen LogP contribution is 2.30. The molecule has 2 rings (SSSR count). The van der Waals surface area contributed by atoms with E-state index in [4.69, 9.17) is 0 Å². The molecule has 1 saturated carbocycles. The SMILES string of the molecule is CC(C)C1CCCC(NC2CCC(=O)NC2)C1. The summed E-state index contributed by atoms with van der Waals surface area (Å²) in [7, 11) is 0. The maximum absolute atomic E-state index is 11.1. The summed E-state index contributed by atoms with van der Waals surface area (Å²) in [4.78, 5) is 11.1. The summed E-state index contributed by atoms with van der Waals surface area (Å²) in [6, 6.07) is 1.18. The maximum atomic E-state index is 11.1. The van der Waals surface area contributed by atoms with E-state index in [1.807, 2.05) is 0 Å². The first kappa shape index (κ1) is 12.9. The third-order valence-electron chi connectivity index (χ3n) is 4.39. The predicted molar refractivity (Wildman–Crippen MR) is 69.8 cm³/mol. The smallest absolute Gasteiger partial charge is 0.220 e. The fraction of sp³-hybridized carbons (Fsp3) is 0.929. The number of hydrogen-bond donors (Lipinski definition) is 2. The number of hydrogen-bond acceptors (Lipinski definition) is 2. The molecule has 1 aliphatic carbocycles. The van der Waals surface area contributed by atoms with Crippen LogP contribution in [0.4, 0.5) is 0 Å². The molecule has 3 unspecified atom stereocenters. The van der Waals surface area contributed by atoms with Gasteiger partial charge in [-0.15, -0.1) is 0 Å². The minimum absolute atomic E-state index is 0.215. The summed E-state index contributed by atoms with van der Waals surface area (Å²) in [5.41, 5.74) is 0. The molecule has 1 aliphatic heterocycles. The van der Waals surface area contributed by atoms with E-state index >= 15 is 0 Å². The number of nitrogens with one attached hydrogen (secondary N) is 2. The summed E-state index contributed by atoms with van der Waals surface area (Å²) in [5, 5.41) is 6.70. The minimum Gasteiger partial charge on any atom is -0.355 e. The lowest BCUT2D eigenvalue weighted by Gasteiger charge is -2.35. The number of carbonyl (C=O) groups is 1. The van der Waals surface area contributed by atoms with Gasteiger partial charge in [-0.05, 0) is 31.1 Å². The Bertz CT molecular complexity index is 255. The molecular formula is C14H26N2O. The van der Waals surface area contributed by atoms with E-state index in [1.165, 1.54) is 25.7 Å². The third kappa shape index (κ3) is 3.70. The summed E-state index contributed by atoms with van der Waals surface area (Å²) in [6.07, 6.45) is 7.10. The monoisotopic (exact) mass is 238 g/mol. The van der Waals surface area contributed by atoms with Crippen molar-refractivity contribution in [2.75, 3.05) is 6.54 Å². The molecule has 1 saturated heterocycles. The molecule has 2 fully saturated rings. The van der Waals surface area contributed by atoms with Gasteiger partial charge in [0.15, 0.2) is 0 Å². The summed E-state index contributed by atoms with van der Waals surface area (Å²) >= 11 is 0. The first-order valence-electron chi connectivity index (χ1n) is 7.18. The Morgan fingerprint density at radius 3 is 2.71 bits per heavy atom. The van der Waals surface area contributed by atoms with Gasteiger partial charge in [0.25, 0.3) is 0 Å². The molecule has 17 heavy (non-hydrogen) atoms. The first-order valence-corrected chi connectivity index (χ1v) is 7.18. The summed E-state index contributed by atoms with van der Waals surface area (Å²) < 4.78 is 0. The van der Waals surface area contributed by atoms with Gasteiger partial charge in [0.1, 0.15) is 0 Å². The average molecular weight is 238 g/mol. The van der Waals surface area contributed by atoms with E-state index in [2.05, 4.69) is 24.5 Å². The van der Waals surface area contributed by atoms with Crippen molar-refractivity contribution in [2.45, 2.75) is 64.5 Å². The fourth-order valence-electron chi connectivity index (χ4n) is 3.19. The standard InChI is InChI=1S/C14H26N2O/c1-10(2)11-4-3-5-12(8-11)16-13-6-7-14(17)15-9-13/h10-13,16H,3-9H2,1-2H3,(H,15,17). The molecule has 3 nitrogen and oxygen atoms in total. The zero-order valence-corrected chi connectivity index (χ0v) is 11.2. The molecule has 2 aliphatic rings. The molecule has 1 heterocycles. The van der Waals surface area contributed by atoms with E-state index in [-0.39, 0.29) is 5.91 Å². The fourth-order valence-corrected chi connectivity index (χ4v) is 3.19. The lowest BCUT2D eigenvalue weighted by atomic mass is 9.79. The maximum Gasteiger partial charge on any atom is 0.220 e. The van der Waals surface area contributed by atoms with Crippen molar-refractivity contribution in [1.29, 1.82) is 0 Å². The normalized spacial score (nSPS) is 34.8. The van der Waals surface area contributed by atoms with Gasteiger partial charge in [-0.2, -0.15) is 0 Å². The number of piperidine rings is 1. The molecule has 0 aromatic carbocycles. The van der Waals surface area contributed by atoms with Gasteiger partial charge in [-0.25, -0.2) is 0 Å². The van der Waals surface area contributed by atoms with E-state index in [1.54, 1.807) is 0 Å². The van der Waals surface area contributed by atoms with Crippen LogP contribution < -0.4 is 10.6 Å². The molecule has 0 bridgehead atoms. The molecule has 3 atom stereocenters. The summed E-state index contributed by atoms with van der Waals surface area (Å²) in [6.45, 7) is 5.50. The largest absolute Gasteiger partial charge is 0.355 e. The van der Waals surface area contributed by atoms with Crippen LogP contribution in [0.15, 0.2) is 0 Å². The lowest BCUT2D eigenvalue weighted by Crippen LogP contribution is -2.50. The van der Waals surface area contributed by atoms with E-state index in [0.717, 1.165) is 24.8 Å². The van der Waals surface area contributed by atoms with Gasteiger partial charge in [-0.3, -0.25) is 4.79 Å². The van der Waals surface area contributed by atoms with Crippen LogP contribution in [0.2, 0.25) is 0 Å². The third-order valence-corrected chi connectivity index (χ3v) is 4.39. The molecule has 2 N–H and O–H groups in total. The van der Waals surface area contributed by atoms with Gasteiger partial charge >= 0.3 is 0 Å². The number of amides is 1. The van der Waals surface area contributed by atoms with E-state index < -0.39 is 0 Å². The zero-order chi connectivity index (χ0) is 12.3. The van der Waals surface area contributed by atoms with Crippen LogP contribution in [0.25, 0.3) is 0 Å². The van der Waals surface area contributed by atoms with Gasteiger partial charge in [0, 0.05) is 25.0 Å². The zero-order valence-electron chi connectivity index (χ0n) is 11.2. The molecule has 0 radical (unpaired) electrons. The quantitative estimate of drug-likeness (QED) is 0.790. The van der Waals surface area contributed by atoms with Crippen LogP contribution in [0.1, 0.15) is 52.4 Å². The molecule has 3 heteroatoms. The van der Waals surface area contributed by atoms with Crippen LogP contribution in [0.3, 0.4) is 0 Å². The van der Waals surface area contributed by atoms with Gasteiger partial charge in [0.05, 0.1) is 0 Å². The second kappa shape index (κ2) is 5.85. The summed E-state index contributed by atoms with van der Waals surface area (Å²) in [5.74, 6) is 1.91. The van der Waals surface area contributed by atoms with Crippen LogP contribution in [-0.4, -0.2) is 24.5 Å². The minimum atomic E-state index is 0.215. The Labute approximate surface area is 105 Å². The van der Waals surface area contributed by atoms with Gasteiger partial charge < -0.3 is 10.6 Å². The van der Waals surface area contributed by atoms with Crippen molar-refractivity contribution in [2.24, 2.45) is 11.8 Å². The Balaban J connectivity index is 1.76. The molecule has 0 spiro atoms. The highest BCUT2D eigenvalue weighted by Gasteiger charge is 2.27. The van der Waals surface area contributed by atoms with Crippen molar-refractivity contribution < 1.29 is 4.79 Å². The van der Waals surface area contributed by atoms with E-state index in [9.17, 15) is 4.79 Å². The van der Waals surface area contributed by atoms with Gasteiger partial charge in [-0.1, -0.05) is 26.7 Å². The van der Waals surface area contributed by atoms with Crippen molar-refractivity contribution in [3.63, 3.8) is 0 Å². The molecular weight excluding hydrogens is 212 g/mol. The van der Waals surface area contributed by atoms with Crippen molar-refractivity contribution >= 4 is 5.91 Å². The molecule has 0 aromatic rings. The van der Waals surface area contributed by atoms with Crippen molar-refractivity contribution in [3.8, 4) is 0 Å². The Kier molecular flexibility index (Phi) is 4.43. The second-order valence-electron chi connectivity index (χ2n) is 6.07. The second-order valence-corrected chi connectivity index (χ2v) is 6.07. The lowest BCUT2D eigenvalue weighted by molar-refractivity contribution is -0.122. The van der Waals surface area contributed by atoms with Crippen molar-refractivity contribution in [3.05, 3.63) is 0 Å². The van der Waals surface area contributed by atoms with Gasteiger partial charge in [0.2, 0.25) is 5.91 Å². The first-order chi connectivity index (χ1) is 8.15. The average Bonchev–Trinajstić information content (AvgIpc) is 2.32. The molecule has 1 amide bonds. The molecule has 0 aromatic heterocycles. The Morgan fingerprint density at radius 1 is 1.24 bits per heavy atom. The van der Waals surface area contributed by atoms with Crippen LogP contribution in [0.5, 0.6) is 0 Å². The highest BCUT2D eigenvalue weighted by atomic mass is 16.1. The number of rotatable bonds is 3. The van der Waals surface area contributed by atoms with Crippen LogP contribution >= 0.6 is 0 Å². The highest BCUT2D eigenvalue weighted by molar-refractivity contribution is 5.76. The van der Waals surface area contributed by atoms with Crippen LogP contribution in [0, 0.1) is 11.8 Å². The van der Waals surface area contributed by atoms with Crippen molar-refractivity contribution in [1.82, 2.24) is 10.6 Å². The predicted octanol–water partition coefficient (Wildman–Crippen LogP) is 2.07. The Morgan fingerprint density at radius 2 is 2.06 bits per heavy atom. The molecule has 98 valence electrons. The van der Waals surface area contributed by atoms with E-state index in [0.29, 0.717) is 18.5 Å². The topological polar surface area (TPSA) is 41.1 Å². The number of carbonyl (C=O) groups excluding carboxylic acids is 1. The van der Waals surface area contributed by atoms with Crippen LogP contribution in [-0.2, 0) is 4.79 Å². The Hall–Kier alpha value is -0.570.